The van der Waals surface area contributed by atoms with Crippen molar-refractivity contribution in [2.75, 3.05) is 13.6 Å². The zero-order valence-electron chi connectivity index (χ0n) is 19.1. The third kappa shape index (κ3) is 4.30. The van der Waals surface area contributed by atoms with Crippen LogP contribution in [-0.4, -0.2) is 40.7 Å². The molecule has 0 spiro atoms. The van der Waals surface area contributed by atoms with Gasteiger partial charge < -0.3 is 4.52 Å². The Labute approximate surface area is 186 Å². The Kier molecular flexibility index (Phi) is 6.13. The maximum absolute atomic E-state index is 5.77. The van der Waals surface area contributed by atoms with Crippen LogP contribution in [0.2, 0.25) is 0 Å². The molecule has 2 heterocycles. The number of nitrogens with one attached hydrogen (secondary N) is 2. The van der Waals surface area contributed by atoms with Gasteiger partial charge in [0.1, 0.15) is 0 Å². The van der Waals surface area contributed by atoms with Gasteiger partial charge in [0.15, 0.2) is 5.82 Å². The second-order valence-electron chi connectivity index (χ2n) is 10.2. The lowest BCUT2D eigenvalue weighted by Crippen LogP contribution is -2.41. The van der Waals surface area contributed by atoms with Crippen LogP contribution in [0.1, 0.15) is 80.6 Å². The average Bonchev–Trinajstić information content (AvgIpc) is 3.47. The van der Waals surface area contributed by atoms with E-state index >= 15 is 0 Å². The van der Waals surface area contributed by atoms with Crippen molar-refractivity contribution in [1.82, 2.24) is 25.9 Å². The Hall–Kier alpha value is -1.76. The fourth-order valence-electron chi connectivity index (χ4n) is 6.14. The van der Waals surface area contributed by atoms with Crippen molar-refractivity contribution in [3.8, 4) is 0 Å². The van der Waals surface area contributed by atoms with E-state index in [2.05, 4.69) is 59.1 Å². The van der Waals surface area contributed by atoms with Gasteiger partial charge in [0.2, 0.25) is 5.89 Å². The van der Waals surface area contributed by atoms with Gasteiger partial charge >= 0.3 is 0 Å². The molecule has 2 aliphatic carbocycles. The van der Waals surface area contributed by atoms with Crippen molar-refractivity contribution in [2.45, 2.75) is 88.8 Å². The van der Waals surface area contributed by atoms with Crippen LogP contribution in [0.25, 0.3) is 0 Å². The van der Waals surface area contributed by atoms with E-state index in [1.807, 2.05) is 0 Å². The minimum Gasteiger partial charge on any atom is -0.338 e. The highest BCUT2D eigenvalue weighted by Gasteiger charge is 2.42. The van der Waals surface area contributed by atoms with Crippen LogP contribution in [0.3, 0.4) is 0 Å². The normalized spacial score (nSPS) is 28.0. The monoisotopic (exact) mass is 423 g/mol. The van der Waals surface area contributed by atoms with Crippen molar-refractivity contribution in [1.29, 1.82) is 0 Å². The molecule has 3 atom stereocenters. The van der Waals surface area contributed by atoms with E-state index in [-0.39, 0.29) is 5.41 Å². The Morgan fingerprint density at radius 3 is 2.61 bits per heavy atom. The lowest BCUT2D eigenvalue weighted by atomic mass is 9.78. The molecule has 1 aromatic carbocycles. The molecule has 2 aromatic rings. The van der Waals surface area contributed by atoms with Crippen molar-refractivity contribution >= 4 is 0 Å². The fourth-order valence-corrected chi connectivity index (χ4v) is 6.14. The fraction of sp³-hybridized carbons (Fsp3) is 0.680. The number of aryl methyl sites for hydroxylation is 1. The van der Waals surface area contributed by atoms with Crippen molar-refractivity contribution in [3.05, 3.63) is 47.1 Å². The molecule has 6 nitrogen and oxygen atoms in total. The van der Waals surface area contributed by atoms with E-state index in [1.165, 1.54) is 56.1 Å². The summed E-state index contributed by atoms with van der Waals surface area (Å²) in [6, 6.07) is 10.0. The van der Waals surface area contributed by atoms with Crippen LogP contribution < -0.4 is 10.9 Å². The molecule has 5 rings (SSSR count). The van der Waals surface area contributed by atoms with Gasteiger partial charge in [-0.15, -0.1) is 0 Å². The van der Waals surface area contributed by atoms with Crippen molar-refractivity contribution < 1.29 is 4.52 Å². The molecule has 2 N–H and O–H groups in total. The highest BCUT2D eigenvalue weighted by Crippen LogP contribution is 2.45. The first-order valence-electron chi connectivity index (χ1n) is 12.2. The SMILES string of the molecule is Cc1ccc(C2(c3noc(CN(C)CC4NNC5CCCCCC54)n3)CCCC2)cc1. The third-order valence-corrected chi connectivity index (χ3v) is 7.91. The van der Waals surface area contributed by atoms with Crippen molar-refractivity contribution in [3.63, 3.8) is 0 Å². The smallest absolute Gasteiger partial charge is 0.240 e. The molecule has 0 amide bonds. The molecule has 31 heavy (non-hydrogen) atoms. The molecule has 1 saturated heterocycles. The molecule has 0 bridgehead atoms. The predicted octanol–water partition coefficient (Wildman–Crippen LogP) is 4.10. The third-order valence-electron chi connectivity index (χ3n) is 7.91. The number of likely N-dealkylation sites (N-methyl/N-ethyl adjacent to an activating group) is 1. The summed E-state index contributed by atoms with van der Waals surface area (Å²) in [5.41, 5.74) is 9.66. The zero-order chi connectivity index (χ0) is 21.3. The number of nitrogens with zero attached hydrogens (tertiary/aromatic N) is 3. The average molecular weight is 424 g/mol. The zero-order valence-corrected chi connectivity index (χ0v) is 19.1. The van der Waals surface area contributed by atoms with E-state index in [0.717, 1.165) is 37.0 Å². The molecular weight excluding hydrogens is 386 g/mol. The van der Waals surface area contributed by atoms with Gasteiger partial charge in [-0.25, -0.2) is 0 Å². The van der Waals surface area contributed by atoms with E-state index in [4.69, 9.17) is 9.51 Å². The number of benzene rings is 1. The summed E-state index contributed by atoms with van der Waals surface area (Å²) in [4.78, 5) is 7.25. The molecule has 0 radical (unpaired) electrons. The molecule has 2 saturated carbocycles. The molecule has 1 aliphatic heterocycles. The molecular formula is C25H37N5O. The Morgan fingerprint density at radius 2 is 1.81 bits per heavy atom. The topological polar surface area (TPSA) is 66.2 Å². The highest BCUT2D eigenvalue weighted by atomic mass is 16.5. The van der Waals surface area contributed by atoms with E-state index in [1.54, 1.807) is 0 Å². The van der Waals surface area contributed by atoms with E-state index < -0.39 is 0 Å². The minimum absolute atomic E-state index is 0.0848. The Morgan fingerprint density at radius 1 is 1.03 bits per heavy atom. The quantitative estimate of drug-likeness (QED) is 0.729. The standard InChI is InChI=1S/C25H37N5O/c1-18-10-12-19(13-11-18)25(14-6-7-15-25)24-26-23(31-29-24)17-30(2)16-22-20-8-4-3-5-9-21(20)27-28-22/h10-13,20-22,27-28H,3-9,14-17H2,1-2H3. The summed E-state index contributed by atoms with van der Waals surface area (Å²) in [5.74, 6) is 2.34. The van der Waals surface area contributed by atoms with Crippen LogP contribution in [0.5, 0.6) is 0 Å². The molecule has 168 valence electrons. The molecule has 3 fully saturated rings. The largest absolute Gasteiger partial charge is 0.338 e. The minimum atomic E-state index is -0.0848. The summed E-state index contributed by atoms with van der Waals surface area (Å²) in [5, 5.41) is 4.49. The number of rotatable bonds is 6. The summed E-state index contributed by atoms with van der Waals surface area (Å²) < 4.78 is 5.77. The van der Waals surface area contributed by atoms with Crippen LogP contribution in [0.15, 0.2) is 28.8 Å². The predicted molar refractivity (Wildman–Crippen MR) is 121 cm³/mol. The molecule has 3 aliphatic rings. The number of aromatic nitrogens is 2. The first-order chi connectivity index (χ1) is 15.1. The maximum atomic E-state index is 5.77. The van der Waals surface area contributed by atoms with Crippen LogP contribution in [0.4, 0.5) is 0 Å². The summed E-state index contributed by atoms with van der Waals surface area (Å²) in [6.45, 7) is 3.83. The van der Waals surface area contributed by atoms with Gasteiger partial charge in [0.05, 0.1) is 12.0 Å². The Balaban J connectivity index is 1.26. The first-order valence-corrected chi connectivity index (χ1v) is 12.2. The lowest BCUT2D eigenvalue weighted by molar-refractivity contribution is 0.225. The second kappa shape index (κ2) is 9.00. The molecule has 3 unspecified atom stereocenters. The lowest BCUT2D eigenvalue weighted by Gasteiger charge is -2.26. The van der Waals surface area contributed by atoms with E-state index in [0.29, 0.717) is 18.6 Å². The van der Waals surface area contributed by atoms with Gasteiger partial charge in [-0.3, -0.25) is 15.8 Å². The number of fused-ring (bicyclic) bond motifs is 1. The summed E-state index contributed by atoms with van der Waals surface area (Å²) in [6.07, 6.45) is 11.4. The van der Waals surface area contributed by atoms with Gasteiger partial charge in [0, 0.05) is 18.6 Å². The van der Waals surface area contributed by atoms with Gasteiger partial charge in [-0.05, 0) is 51.1 Å². The maximum Gasteiger partial charge on any atom is 0.240 e. The summed E-state index contributed by atoms with van der Waals surface area (Å²) >= 11 is 0. The molecule has 1 aromatic heterocycles. The van der Waals surface area contributed by atoms with Gasteiger partial charge in [0.25, 0.3) is 0 Å². The molecule has 6 heteroatoms. The summed E-state index contributed by atoms with van der Waals surface area (Å²) in [7, 11) is 2.17. The Bertz CT molecular complexity index is 857. The van der Waals surface area contributed by atoms with Gasteiger partial charge in [-0.2, -0.15) is 4.98 Å². The van der Waals surface area contributed by atoms with Crippen LogP contribution in [0, 0.1) is 12.8 Å². The van der Waals surface area contributed by atoms with Gasteiger partial charge in [-0.1, -0.05) is 67.1 Å². The van der Waals surface area contributed by atoms with Crippen LogP contribution >= 0.6 is 0 Å². The first kappa shape index (κ1) is 21.1. The van der Waals surface area contributed by atoms with Crippen LogP contribution in [-0.2, 0) is 12.0 Å². The number of hydrazine groups is 1. The van der Waals surface area contributed by atoms with Crippen molar-refractivity contribution in [2.24, 2.45) is 5.92 Å². The number of hydrogen-bond acceptors (Lipinski definition) is 6. The second-order valence-corrected chi connectivity index (χ2v) is 10.2. The highest BCUT2D eigenvalue weighted by molar-refractivity contribution is 5.35. The number of hydrogen-bond donors (Lipinski definition) is 2. The van der Waals surface area contributed by atoms with E-state index in [9.17, 15) is 0 Å².